The van der Waals surface area contributed by atoms with E-state index in [1.54, 1.807) is 6.07 Å². The summed E-state index contributed by atoms with van der Waals surface area (Å²) in [6, 6.07) is 15.3. The van der Waals surface area contributed by atoms with Gasteiger partial charge in [0.2, 0.25) is 9.84 Å². The van der Waals surface area contributed by atoms with Gasteiger partial charge in [-0.3, -0.25) is 9.89 Å². The van der Waals surface area contributed by atoms with E-state index in [-0.39, 0.29) is 27.6 Å². The van der Waals surface area contributed by atoms with Crippen molar-refractivity contribution in [1.82, 2.24) is 15.1 Å². The smallest absolute Gasteiger partial charge is 0.258 e. The first-order valence-electron chi connectivity index (χ1n) is 14.0. The van der Waals surface area contributed by atoms with Gasteiger partial charge in [-0.15, -0.1) is 0 Å². The normalized spacial score (nSPS) is 17.0. The van der Waals surface area contributed by atoms with E-state index in [4.69, 9.17) is 4.74 Å². The molecule has 220 valence electrons. The van der Waals surface area contributed by atoms with Crippen molar-refractivity contribution in [3.05, 3.63) is 72.0 Å². The van der Waals surface area contributed by atoms with Crippen LogP contribution < -0.4 is 15.5 Å². The van der Waals surface area contributed by atoms with Crippen molar-refractivity contribution in [2.75, 3.05) is 62.0 Å². The molecule has 0 unspecified atom stereocenters. The van der Waals surface area contributed by atoms with Crippen LogP contribution in [0.4, 0.5) is 21.6 Å². The first-order chi connectivity index (χ1) is 20.3. The van der Waals surface area contributed by atoms with Crippen LogP contribution in [-0.4, -0.2) is 81.9 Å². The van der Waals surface area contributed by atoms with Gasteiger partial charge in [0.05, 0.1) is 20.9 Å². The molecule has 2 fully saturated rings. The largest absolute Gasteiger partial charge is 0.381 e. The molecule has 2 saturated heterocycles. The number of aromatic nitrogens is 2. The SMILES string of the molecule is CN1CCN(c2ccc(C(=O)Nc3n[nH]c4ccc(S(=O)(=O)c5cccc(F)c5)cc34)c(NC3CCOCC3)c2)CC1. The summed E-state index contributed by atoms with van der Waals surface area (Å²) in [5, 5.41) is 14.0. The van der Waals surface area contributed by atoms with Crippen molar-refractivity contribution in [3.63, 3.8) is 0 Å². The van der Waals surface area contributed by atoms with E-state index < -0.39 is 15.7 Å². The third kappa shape index (κ3) is 5.83. The van der Waals surface area contributed by atoms with Crippen LogP contribution in [-0.2, 0) is 14.6 Å². The summed E-state index contributed by atoms with van der Waals surface area (Å²) in [5.74, 6) is -0.815. The maximum Gasteiger partial charge on any atom is 0.258 e. The van der Waals surface area contributed by atoms with E-state index in [2.05, 4.69) is 37.7 Å². The minimum absolute atomic E-state index is 0.0316. The molecule has 0 atom stereocenters. The molecule has 42 heavy (non-hydrogen) atoms. The Morgan fingerprint density at radius 3 is 2.52 bits per heavy atom. The quantitative estimate of drug-likeness (QED) is 0.293. The molecule has 2 aliphatic rings. The molecule has 0 radical (unpaired) electrons. The number of likely N-dealkylation sites (N-methyl/N-ethyl adjacent to an activating group) is 1. The van der Waals surface area contributed by atoms with Gasteiger partial charge in [0.25, 0.3) is 5.91 Å². The molecule has 10 nitrogen and oxygen atoms in total. The number of sulfone groups is 1. The Balaban J connectivity index is 1.30. The van der Waals surface area contributed by atoms with Gasteiger partial charge in [-0.05, 0) is 74.5 Å². The van der Waals surface area contributed by atoms with Gasteiger partial charge in [-0.1, -0.05) is 6.07 Å². The fourth-order valence-electron chi connectivity index (χ4n) is 5.37. The van der Waals surface area contributed by atoms with Crippen LogP contribution in [0.15, 0.2) is 70.5 Å². The molecule has 3 aromatic carbocycles. The molecule has 0 spiro atoms. The summed E-state index contributed by atoms with van der Waals surface area (Å²) in [4.78, 5) is 18.1. The molecule has 2 aliphatic heterocycles. The third-order valence-electron chi connectivity index (χ3n) is 7.88. The number of carbonyl (C=O) groups excluding carboxylic acids is 1. The highest BCUT2D eigenvalue weighted by Gasteiger charge is 2.23. The van der Waals surface area contributed by atoms with Crippen molar-refractivity contribution in [2.24, 2.45) is 0 Å². The maximum absolute atomic E-state index is 13.8. The second kappa shape index (κ2) is 11.7. The predicted molar refractivity (Wildman–Crippen MR) is 160 cm³/mol. The minimum atomic E-state index is -3.99. The summed E-state index contributed by atoms with van der Waals surface area (Å²) < 4.78 is 45.7. The lowest BCUT2D eigenvalue weighted by Crippen LogP contribution is -2.44. The molecule has 6 rings (SSSR count). The molecular weight excluding hydrogens is 559 g/mol. The number of ether oxygens (including phenoxy) is 1. The van der Waals surface area contributed by atoms with Crippen molar-refractivity contribution in [1.29, 1.82) is 0 Å². The summed E-state index contributed by atoms with van der Waals surface area (Å²) in [5.41, 5.74) is 2.78. The molecule has 1 amide bonds. The Morgan fingerprint density at radius 1 is 1.00 bits per heavy atom. The summed E-state index contributed by atoms with van der Waals surface area (Å²) in [6.07, 6.45) is 1.68. The number of nitrogens with one attached hydrogen (secondary N) is 3. The highest BCUT2D eigenvalue weighted by molar-refractivity contribution is 7.91. The van der Waals surface area contributed by atoms with Gasteiger partial charge in [0, 0.05) is 62.2 Å². The first kappa shape index (κ1) is 28.1. The number of fused-ring (bicyclic) bond motifs is 1. The highest BCUT2D eigenvalue weighted by Crippen LogP contribution is 2.31. The zero-order valence-electron chi connectivity index (χ0n) is 23.3. The molecule has 3 N–H and O–H groups in total. The first-order valence-corrected chi connectivity index (χ1v) is 15.5. The van der Waals surface area contributed by atoms with E-state index in [9.17, 15) is 17.6 Å². The van der Waals surface area contributed by atoms with E-state index in [0.717, 1.165) is 56.5 Å². The summed E-state index contributed by atoms with van der Waals surface area (Å²) >= 11 is 0. The van der Waals surface area contributed by atoms with Crippen molar-refractivity contribution in [3.8, 4) is 0 Å². The Hall–Kier alpha value is -4.00. The highest BCUT2D eigenvalue weighted by atomic mass is 32.2. The van der Waals surface area contributed by atoms with Crippen molar-refractivity contribution >= 4 is 43.8 Å². The number of nitrogens with zero attached hydrogens (tertiary/aromatic N) is 3. The van der Waals surface area contributed by atoms with Crippen LogP contribution in [0.2, 0.25) is 0 Å². The third-order valence-corrected chi connectivity index (χ3v) is 9.63. The van der Waals surface area contributed by atoms with Crippen LogP contribution in [0.5, 0.6) is 0 Å². The van der Waals surface area contributed by atoms with Gasteiger partial charge in [0.15, 0.2) is 5.82 Å². The molecule has 1 aromatic heterocycles. The number of benzene rings is 3. The molecule has 0 aliphatic carbocycles. The number of halogens is 1. The van der Waals surface area contributed by atoms with Crippen LogP contribution in [0.25, 0.3) is 10.9 Å². The Labute approximate surface area is 243 Å². The number of rotatable bonds is 7. The van der Waals surface area contributed by atoms with Crippen LogP contribution >= 0.6 is 0 Å². The number of piperazine rings is 1. The van der Waals surface area contributed by atoms with Crippen LogP contribution in [0.3, 0.4) is 0 Å². The number of amides is 1. The number of anilines is 3. The van der Waals surface area contributed by atoms with Crippen LogP contribution in [0.1, 0.15) is 23.2 Å². The lowest BCUT2D eigenvalue weighted by atomic mass is 10.1. The molecular formula is C30H33FN6O4S. The number of aromatic amines is 1. The number of H-pyrrole nitrogens is 1. The van der Waals surface area contributed by atoms with E-state index in [1.807, 2.05) is 18.2 Å². The monoisotopic (exact) mass is 592 g/mol. The fraction of sp³-hybridized carbons (Fsp3) is 0.333. The summed E-state index contributed by atoms with van der Waals surface area (Å²) in [6.45, 7) is 5.06. The average molecular weight is 593 g/mol. The lowest BCUT2D eigenvalue weighted by molar-refractivity contribution is 0.0904. The average Bonchev–Trinajstić information content (AvgIpc) is 3.40. The van der Waals surface area contributed by atoms with Crippen LogP contribution in [0, 0.1) is 5.82 Å². The predicted octanol–water partition coefficient (Wildman–Crippen LogP) is 4.13. The van der Waals surface area contributed by atoms with Gasteiger partial charge in [-0.25, -0.2) is 12.8 Å². The zero-order valence-corrected chi connectivity index (χ0v) is 24.1. The Kier molecular flexibility index (Phi) is 7.84. The number of hydrogen-bond donors (Lipinski definition) is 3. The summed E-state index contributed by atoms with van der Waals surface area (Å²) in [7, 11) is -1.88. The van der Waals surface area contributed by atoms with Gasteiger partial charge < -0.3 is 25.2 Å². The van der Waals surface area contributed by atoms with E-state index >= 15 is 0 Å². The molecule has 12 heteroatoms. The molecule has 0 saturated carbocycles. The van der Waals surface area contributed by atoms with Gasteiger partial charge in [0.1, 0.15) is 5.82 Å². The number of hydrogen-bond acceptors (Lipinski definition) is 8. The number of carbonyl (C=O) groups is 1. The van der Waals surface area contributed by atoms with Gasteiger partial charge >= 0.3 is 0 Å². The molecule has 0 bridgehead atoms. The van der Waals surface area contributed by atoms with E-state index in [1.165, 1.54) is 30.3 Å². The second-order valence-electron chi connectivity index (χ2n) is 10.7. The lowest BCUT2D eigenvalue weighted by Gasteiger charge is -2.34. The van der Waals surface area contributed by atoms with E-state index in [0.29, 0.717) is 29.7 Å². The molecule has 4 aromatic rings. The van der Waals surface area contributed by atoms with Crippen molar-refractivity contribution < 1.29 is 22.3 Å². The standard InChI is InChI=1S/C30H33FN6O4S/c1-36-11-13-37(14-12-36)22-5-7-25(28(18-22)32-21-9-15-41-16-10-21)30(38)33-29-26-19-24(6-8-27(26)34-35-29)42(39,40)23-4-2-3-20(31)17-23/h2-8,17-19,21,32H,9-16H2,1H3,(H2,33,34,35,38). The Bertz CT molecular complexity index is 1710. The zero-order chi connectivity index (χ0) is 29.3. The topological polar surface area (TPSA) is 120 Å². The second-order valence-corrected chi connectivity index (χ2v) is 12.7. The fourth-order valence-corrected chi connectivity index (χ4v) is 6.69. The maximum atomic E-state index is 13.8. The van der Waals surface area contributed by atoms with Crippen molar-refractivity contribution in [2.45, 2.75) is 28.7 Å². The molecule has 3 heterocycles. The Morgan fingerprint density at radius 2 is 1.76 bits per heavy atom. The minimum Gasteiger partial charge on any atom is -0.381 e. The van der Waals surface area contributed by atoms with Gasteiger partial charge in [-0.2, -0.15) is 5.10 Å².